The largest absolute Gasteiger partial charge is 0.377 e. The maximum Gasteiger partial charge on any atom is 0.275 e. The average molecular weight is 379 g/mol. The van der Waals surface area contributed by atoms with Gasteiger partial charge in [-0.1, -0.05) is 0 Å². The van der Waals surface area contributed by atoms with Crippen molar-refractivity contribution in [1.82, 2.24) is 19.5 Å². The minimum Gasteiger partial charge on any atom is -0.377 e. The van der Waals surface area contributed by atoms with Gasteiger partial charge in [0.25, 0.3) is 5.56 Å². The Morgan fingerprint density at radius 2 is 2.00 bits per heavy atom. The van der Waals surface area contributed by atoms with E-state index in [9.17, 15) is 4.79 Å². The molecule has 1 aromatic carbocycles. The van der Waals surface area contributed by atoms with Crippen LogP contribution in [0.3, 0.4) is 0 Å². The minimum absolute atomic E-state index is 0.0858. The molecule has 0 aliphatic rings. The van der Waals surface area contributed by atoms with Crippen molar-refractivity contribution >= 4 is 59.0 Å². The first kappa shape index (κ1) is 15.4. The van der Waals surface area contributed by atoms with E-state index in [1.807, 2.05) is 43.3 Å². The summed E-state index contributed by atoms with van der Waals surface area (Å²) in [6.45, 7) is 0. The van der Waals surface area contributed by atoms with Gasteiger partial charge in [-0.05, 0) is 24.3 Å². The Bertz CT molecular complexity index is 1350. The highest BCUT2D eigenvalue weighted by molar-refractivity contribution is 7.25. The summed E-state index contributed by atoms with van der Waals surface area (Å²) in [5.41, 5.74) is 5.08. The van der Waals surface area contributed by atoms with Crippen LogP contribution in [0.15, 0.2) is 47.1 Å². The van der Waals surface area contributed by atoms with Crippen molar-refractivity contribution in [3.05, 3.63) is 52.7 Å². The molecule has 5 aromatic rings. The van der Waals surface area contributed by atoms with Crippen LogP contribution in [0.1, 0.15) is 0 Å². The Balaban J connectivity index is 1.81. The van der Waals surface area contributed by atoms with Crippen molar-refractivity contribution in [2.24, 2.45) is 0 Å². The summed E-state index contributed by atoms with van der Waals surface area (Å²) >= 11 is 2.97. The molecule has 0 amide bonds. The third kappa shape index (κ3) is 2.16. The van der Waals surface area contributed by atoms with Gasteiger partial charge in [0.1, 0.15) is 15.9 Å². The maximum absolute atomic E-state index is 13.1. The molecule has 0 N–H and O–H groups in total. The van der Waals surface area contributed by atoms with E-state index in [0.717, 1.165) is 31.8 Å². The average Bonchev–Trinajstić information content (AvgIpc) is 3.25. The van der Waals surface area contributed by atoms with Gasteiger partial charge >= 0.3 is 0 Å². The van der Waals surface area contributed by atoms with Gasteiger partial charge in [0.05, 0.1) is 38.0 Å². The lowest BCUT2D eigenvalue weighted by Gasteiger charge is -2.13. The van der Waals surface area contributed by atoms with Gasteiger partial charge in [0.15, 0.2) is 0 Å². The molecule has 0 radical (unpaired) electrons. The Labute approximate surface area is 156 Å². The lowest BCUT2D eigenvalue weighted by Crippen LogP contribution is -2.17. The molecular weight excluding hydrogens is 366 g/mol. The molecule has 0 atom stereocenters. The van der Waals surface area contributed by atoms with Crippen LogP contribution in [0.5, 0.6) is 0 Å². The van der Waals surface area contributed by atoms with E-state index in [1.165, 1.54) is 11.3 Å². The van der Waals surface area contributed by atoms with Crippen LogP contribution in [0, 0.1) is 0 Å². The molecule has 0 aliphatic heterocycles. The van der Waals surface area contributed by atoms with Crippen LogP contribution in [-0.2, 0) is 0 Å². The number of rotatable bonds is 2. The summed E-state index contributed by atoms with van der Waals surface area (Å²) in [6, 6.07) is 7.76. The van der Waals surface area contributed by atoms with E-state index in [2.05, 4.69) is 15.0 Å². The Morgan fingerprint density at radius 1 is 1.12 bits per heavy atom. The fourth-order valence-electron chi connectivity index (χ4n) is 3.09. The Morgan fingerprint density at radius 3 is 2.85 bits per heavy atom. The summed E-state index contributed by atoms with van der Waals surface area (Å²) in [7, 11) is 3.95. The molecule has 0 bridgehead atoms. The summed E-state index contributed by atoms with van der Waals surface area (Å²) in [5.74, 6) is 0. The molecule has 0 spiro atoms. The lowest BCUT2D eigenvalue weighted by atomic mass is 10.2. The molecule has 6 nitrogen and oxygen atoms in total. The van der Waals surface area contributed by atoms with Crippen molar-refractivity contribution in [3.8, 4) is 5.69 Å². The van der Waals surface area contributed by atoms with Crippen LogP contribution >= 0.6 is 22.7 Å². The van der Waals surface area contributed by atoms with Gasteiger partial charge in [-0.2, -0.15) is 0 Å². The topological polar surface area (TPSA) is 63.9 Å². The van der Waals surface area contributed by atoms with Gasteiger partial charge in [-0.3, -0.25) is 9.36 Å². The minimum atomic E-state index is -0.0858. The van der Waals surface area contributed by atoms with Crippen molar-refractivity contribution in [2.75, 3.05) is 19.0 Å². The molecule has 128 valence electrons. The van der Waals surface area contributed by atoms with Crippen LogP contribution < -0.4 is 10.5 Å². The predicted octanol–water partition coefficient (Wildman–Crippen LogP) is 3.67. The van der Waals surface area contributed by atoms with Crippen molar-refractivity contribution in [1.29, 1.82) is 0 Å². The summed E-state index contributed by atoms with van der Waals surface area (Å²) < 4.78 is 3.28. The van der Waals surface area contributed by atoms with Gasteiger partial charge in [-0.25, -0.2) is 15.0 Å². The molecular formula is C18H13N5OS2. The summed E-state index contributed by atoms with van der Waals surface area (Å²) in [6.07, 6.45) is 3.36. The zero-order valence-corrected chi connectivity index (χ0v) is 15.6. The number of pyridine rings is 1. The number of aromatic nitrogens is 4. The van der Waals surface area contributed by atoms with Crippen LogP contribution in [0.4, 0.5) is 5.69 Å². The normalized spacial score (nSPS) is 11.6. The number of hydrogen-bond acceptors (Lipinski definition) is 7. The maximum atomic E-state index is 13.1. The number of fused-ring (bicyclic) bond motifs is 4. The van der Waals surface area contributed by atoms with Crippen molar-refractivity contribution < 1.29 is 0 Å². The van der Waals surface area contributed by atoms with E-state index in [1.54, 1.807) is 33.9 Å². The quantitative estimate of drug-likeness (QED) is 0.468. The molecule has 0 saturated heterocycles. The number of thiazole rings is 1. The summed E-state index contributed by atoms with van der Waals surface area (Å²) in [5, 5.41) is 0.928. The second-order valence-corrected chi connectivity index (χ2v) is 7.99. The van der Waals surface area contributed by atoms with Gasteiger partial charge in [0, 0.05) is 20.3 Å². The molecule has 0 aliphatic carbocycles. The molecule has 8 heteroatoms. The molecule has 0 unspecified atom stereocenters. The number of anilines is 1. The highest BCUT2D eigenvalue weighted by atomic mass is 32.1. The van der Waals surface area contributed by atoms with E-state index < -0.39 is 0 Å². The third-order valence-electron chi connectivity index (χ3n) is 4.33. The summed E-state index contributed by atoms with van der Waals surface area (Å²) in [4.78, 5) is 29.3. The highest BCUT2D eigenvalue weighted by Crippen LogP contribution is 2.35. The smallest absolute Gasteiger partial charge is 0.275 e. The zero-order valence-electron chi connectivity index (χ0n) is 14.0. The second kappa shape index (κ2) is 5.58. The van der Waals surface area contributed by atoms with Crippen LogP contribution in [0.25, 0.3) is 36.3 Å². The number of hydrogen-bond donors (Lipinski definition) is 0. The van der Waals surface area contributed by atoms with Crippen molar-refractivity contribution in [2.45, 2.75) is 0 Å². The third-order valence-corrected chi connectivity index (χ3v) is 6.22. The number of benzene rings is 1. The van der Waals surface area contributed by atoms with Crippen LogP contribution in [0.2, 0.25) is 0 Å². The molecule has 26 heavy (non-hydrogen) atoms. The first-order valence-electron chi connectivity index (χ1n) is 7.93. The fraction of sp³-hybridized carbons (Fsp3) is 0.111. The van der Waals surface area contributed by atoms with E-state index in [4.69, 9.17) is 0 Å². The van der Waals surface area contributed by atoms with E-state index >= 15 is 0 Å². The highest BCUT2D eigenvalue weighted by Gasteiger charge is 2.17. The second-order valence-electron chi connectivity index (χ2n) is 6.11. The molecule has 0 saturated carbocycles. The number of thiophene rings is 1. The lowest BCUT2D eigenvalue weighted by molar-refractivity contribution is 0.969. The number of nitrogens with zero attached hydrogens (tertiary/aromatic N) is 5. The monoisotopic (exact) mass is 379 g/mol. The van der Waals surface area contributed by atoms with E-state index in [-0.39, 0.29) is 5.56 Å². The Hall–Kier alpha value is -2.84. The van der Waals surface area contributed by atoms with Crippen LogP contribution in [-0.4, -0.2) is 33.6 Å². The first-order chi connectivity index (χ1) is 12.6. The fourth-order valence-corrected chi connectivity index (χ4v) is 4.80. The predicted molar refractivity (Wildman–Crippen MR) is 108 cm³/mol. The van der Waals surface area contributed by atoms with Gasteiger partial charge in [0.2, 0.25) is 0 Å². The van der Waals surface area contributed by atoms with Gasteiger partial charge < -0.3 is 4.90 Å². The SMILES string of the molecule is CN(C)c1ccnc2sc3c(=O)n(-c4ccc5scnc5c4)cnc3c12. The molecule has 5 rings (SSSR count). The zero-order chi connectivity index (χ0) is 17.8. The van der Waals surface area contributed by atoms with Crippen molar-refractivity contribution in [3.63, 3.8) is 0 Å². The molecule has 4 heterocycles. The molecule has 0 fully saturated rings. The molecule has 4 aromatic heterocycles. The van der Waals surface area contributed by atoms with E-state index in [0.29, 0.717) is 10.2 Å². The first-order valence-corrected chi connectivity index (χ1v) is 9.63. The Kier molecular flexibility index (Phi) is 3.31. The standard InChI is InChI=1S/C18H13N5OS2/c1-22(2)12-5-6-19-17-14(12)15-16(26-17)18(24)23(8-20-15)10-3-4-13-11(7-10)21-9-25-13/h3-9H,1-2H3. The van der Waals surface area contributed by atoms with Gasteiger partial charge in [-0.15, -0.1) is 22.7 Å².